The van der Waals surface area contributed by atoms with Gasteiger partial charge >= 0.3 is 0 Å². The minimum atomic E-state index is 0.00226. The van der Waals surface area contributed by atoms with Gasteiger partial charge in [-0.25, -0.2) is 0 Å². The number of pyridine rings is 1. The van der Waals surface area contributed by atoms with Gasteiger partial charge in [-0.15, -0.1) is 0 Å². The first-order valence-electron chi connectivity index (χ1n) is 6.80. The zero-order valence-electron chi connectivity index (χ0n) is 11.0. The van der Waals surface area contributed by atoms with Gasteiger partial charge in [0.2, 0.25) is 0 Å². The monoisotopic (exact) mass is 285 g/mol. The average Bonchev–Trinajstić information content (AvgIpc) is 3.21. The molecule has 0 saturated carbocycles. The van der Waals surface area contributed by atoms with Crippen molar-refractivity contribution < 1.29 is 4.79 Å². The van der Waals surface area contributed by atoms with E-state index < -0.39 is 0 Å². The number of amides is 1. The van der Waals surface area contributed by atoms with E-state index in [-0.39, 0.29) is 11.3 Å². The second-order valence-corrected chi connectivity index (χ2v) is 6.26. The maximum atomic E-state index is 12.7. The quantitative estimate of drug-likeness (QED) is 0.872. The van der Waals surface area contributed by atoms with Crippen molar-refractivity contribution in [1.82, 2.24) is 10.3 Å². The Morgan fingerprint density at radius 1 is 1.45 bits per heavy atom. The molecule has 2 aliphatic rings. The second-order valence-electron chi connectivity index (χ2n) is 5.48. The van der Waals surface area contributed by atoms with Gasteiger partial charge in [0.1, 0.15) is 0 Å². The minimum absolute atomic E-state index is 0.00226. The smallest absolute Gasteiger partial charge is 0.259 e. The van der Waals surface area contributed by atoms with E-state index in [2.05, 4.69) is 10.3 Å². The number of thiophene rings is 1. The number of anilines is 1. The van der Waals surface area contributed by atoms with Crippen molar-refractivity contribution in [1.29, 1.82) is 0 Å². The van der Waals surface area contributed by atoms with Gasteiger partial charge in [0.05, 0.1) is 16.9 Å². The first-order chi connectivity index (χ1) is 9.80. The molecule has 1 N–H and O–H groups in total. The molecule has 2 aromatic heterocycles. The lowest BCUT2D eigenvalue weighted by Gasteiger charge is -2.22. The summed E-state index contributed by atoms with van der Waals surface area (Å²) in [6.45, 7) is 2.64. The molecular formula is C15H15N3OS. The molecule has 5 heteroatoms. The van der Waals surface area contributed by atoms with Crippen LogP contribution in [0.15, 0.2) is 35.2 Å². The molecule has 1 saturated heterocycles. The molecule has 102 valence electrons. The predicted octanol–water partition coefficient (Wildman–Crippen LogP) is 2.03. The fourth-order valence-corrected chi connectivity index (χ4v) is 3.92. The highest BCUT2D eigenvalue weighted by Crippen LogP contribution is 2.43. The largest absolute Gasteiger partial charge is 0.316 e. The van der Waals surface area contributed by atoms with E-state index in [1.807, 2.05) is 40.1 Å². The third-order valence-electron chi connectivity index (χ3n) is 4.30. The third-order valence-corrected chi connectivity index (χ3v) is 4.98. The van der Waals surface area contributed by atoms with E-state index in [9.17, 15) is 4.79 Å². The van der Waals surface area contributed by atoms with E-state index in [1.54, 1.807) is 11.3 Å². The number of rotatable bonds is 1. The van der Waals surface area contributed by atoms with E-state index in [0.717, 1.165) is 43.0 Å². The maximum Gasteiger partial charge on any atom is 0.259 e. The van der Waals surface area contributed by atoms with Crippen LogP contribution in [0.1, 0.15) is 22.5 Å². The minimum Gasteiger partial charge on any atom is -0.316 e. The van der Waals surface area contributed by atoms with Crippen molar-refractivity contribution >= 4 is 22.9 Å². The molecule has 1 atom stereocenters. The summed E-state index contributed by atoms with van der Waals surface area (Å²) in [7, 11) is 0. The summed E-state index contributed by atoms with van der Waals surface area (Å²) in [5.41, 5.74) is 2.83. The Morgan fingerprint density at radius 2 is 2.40 bits per heavy atom. The van der Waals surface area contributed by atoms with Gasteiger partial charge in [-0.2, -0.15) is 11.3 Å². The summed E-state index contributed by atoms with van der Waals surface area (Å²) < 4.78 is 0. The van der Waals surface area contributed by atoms with Gasteiger partial charge in [0, 0.05) is 30.1 Å². The fourth-order valence-electron chi connectivity index (χ4n) is 3.29. The third kappa shape index (κ3) is 1.63. The molecule has 2 aliphatic heterocycles. The number of carbonyl (C=O) groups is 1. The lowest BCUT2D eigenvalue weighted by molar-refractivity contribution is 0.0986. The van der Waals surface area contributed by atoms with Crippen molar-refractivity contribution in [3.63, 3.8) is 0 Å². The molecule has 1 spiro atoms. The molecule has 4 nitrogen and oxygen atoms in total. The topological polar surface area (TPSA) is 45.2 Å². The van der Waals surface area contributed by atoms with Crippen molar-refractivity contribution in [3.8, 4) is 0 Å². The maximum absolute atomic E-state index is 12.7. The summed E-state index contributed by atoms with van der Waals surface area (Å²) in [6.07, 6.45) is 2.88. The zero-order chi connectivity index (χ0) is 13.6. The van der Waals surface area contributed by atoms with Crippen LogP contribution in [0.4, 0.5) is 5.69 Å². The second kappa shape index (κ2) is 4.40. The molecule has 0 aliphatic carbocycles. The summed E-state index contributed by atoms with van der Waals surface area (Å²) >= 11 is 1.56. The number of nitrogens with one attached hydrogen (secondary N) is 1. The lowest BCUT2D eigenvalue weighted by atomic mass is 9.85. The van der Waals surface area contributed by atoms with E-state index in [4.69, 9.17) is 0 Å². The highest BCUT2D eigenvalue weighted by atomic mass is 32.1. The number of hydrogen-bond acceptors (Lipinski definition) is 4. The van der Waals surface area contributed by atoms with Gasteiger partial charge in [-0.1, -0.05) is 0 Å². The van der Waals surface area contributed by atoms with Gasteiger partial charge < -0.3 is 10.2 Å². The van der Waals surface area contributed by atoms with Crippen LogP contribution in [0.3, 0.4) is 0 Å². The molecular weight excluding hydrogens is 270 g/mol. The Hall–Kier alpha value is -1.72. The summed E-state index contributed by atoms with van der Waals surface area (Å²) in [6, 6.07) is 5.81. The SMILES string of the molecule is O=C(c1ccsc1)N1C[C@]2(CCNC2)c2ncccc21. The zero-order valence-corrected chi connectivity index (χ0v) is 11.8. The van der Waals surface area contributed by atoms with Crippen LogP contribution in [-0.4, -0.2) is 30.5 Å². The predicted molar refractivity (Wildman–Crippen MR) is 79.4 cm³/mol. The van der Waals surface area contributed by atoms with Crippen LogP contribution in [0, 0.1) is 0 Å². The van der Waals surface area contributed by atoms with Crippen LogP contribution in [0.25, 0.3) is 0 Å². The fraction of sp³-hybridized carbons (Fsp3) is 0.333. The Morgan fingerprint density at radius 3 is 3.15 bits per heavy atom. The summed E-state index contributed by atoms with van der Waals surface area (Å²) in [4.78, 5) is 19.2. The molecule has 2 aromatic rings. The molecule has 1 amide bonds. The van der Waals surface area contributed by atoms with E-state index in [0.29, 0.717) is 0 Å². The van der Waals surface area contributed by atoms with Crippen molar-refractivity contribution in [3.05, 3.63) is 46.4 Å². The number of hydrogen-bond donors (Lipinski definition) is 1. The first kappa shape index (κ1) is 12.1. The normalized spacial score (nSPS) is 24.3. The van der Waals surface area contributed by atoms with Gasteiger partial charge in [0.25, 0.3) is 5.91 Å². The van der Waals surface area contributed by atoms with E-state index >= 15 is 0 Å². The average molecular weight is 285 g/mol. The van der Waals surface area contributed by atoms with Crippen LogP contribution in [0.2, 0.25) is 0 Å². The van der Waals surface area contributed by atoms with Crippen LogP contribution in [-0.2, 0) is 5.41 Å². The number of carbonyl (C=O) groups excluding carboxylic acids is 1. The molecule has 20 heavy (non-hydrogen) atoms. The molecule has 0 radical (unpaired) electrons. The van der Waals surface area contributed by atoms with E-state index in [1.165, 1.54) is 0 Å². The number of aromatic nitrogens is 1. The highest BCUT2D eigenvalue weighted by molar-refractivity contribution is 7.08. The van der Waals surface area contributed by atoms with Crippen molar-refractivity contribution in [2.75, 3.05) is 24.5 Å². The van der Waals surface area contributed by atoms with Crippen LogP contribution < -0.4 is 10.2 Å². The summed E-state index contributed by atoms with van der Waals surface area (Å²) in [5.74, 6) is 0.0873. The molecule has 0 aromatic carbocycles. The number of fused-ring (bicyclic) bond motifs is 2. The number of nitrogens with zero attached hydrogens (tertiary/aromatic N) is 2. The van der Waals surface area contributed by atoms with Gasteiger partial charge in [-0.05, 0) is 36.5 Å². The Bertz CT molecular complexity index is 647. The Balaban J connectivity index is 1.78. The van der Waals surface area contributed by atoms with Gasteiger partial charge in [0.15, 0.2) is 0 Å². The highest BCUT2D eigenvalue weighted by Gasteiger charge is 2.47. The first-order valence-corrected chi connectivity index (χ1v) is 7.75. The molecule has 4 rings (SSSR count). The molecule has 4 heterocycles. The standard InChI is InChI=1S/C15H15N3OS/c19-14(11-3-7-20-8-11)18-10-15(4-6-16-9-15)13-12(18)2-1-5-17-13/h1-3,5,7-8,16H,4,6,9-10H2/t15-/m1/s1. The van der Waals surface area contributed by atoms with Crippen LogP contribution >= 0.6 is 11.3 Å². The Labute approximate surface area is 121 Å². The van der Waals surface area contributed by atoms with Crippen molar-refractivity contribution in [2.24, 2.45) is 0 Å². The summed E-state index contributed by atoms with van der Waals surface area (Å²) in [5, 5.41) is 7.27. The Kier molecular flexibility index (Phi) is 2.65. The van der Waals surface area contributed by atoms with Crippen molar-refractivity contribution in [2.45, 2.75) is 11.8 Å². The molecule has 0 unspecified atom stereocenters. The van der Waals surface area contributed by atoms with Crippen LogP contribution in [0.5, 0.6) is 0 Å². The molecule has 0 bridgehead atoms. The molecule has 1 fully saturated rings. The lowest BCUT2D eigenvalue weighted by Crippen LogP contribution is -2.38. The van der Waals surface area contributed by atoms with Gasteiger partial charge in [-0.3, -0.25) is 9.78 Å².